The number of H-pyrrole nitrogens is 1. The number of carbonyl (C=O) groups excluding carboxylic acids is 1. The van der Waals surface area contributed by atoms with Crippen molar-refractivity contribution in [2.45, 2.75) is 20.4 Å². The number of rotatable bonds is 5. The topological polar surface area (TPSA) is 78.5 Å². The van der Waals surface area contributed by atoms with Crippen LogP contribution in [0.5, 0.6) is 0 Å². The van der Waals surface area contributed by atoms with Gasteiger partial charge < -0.3 is 14.6 Å². The van der Waals surface area contributed by atoms with Gasteiger partial charge in [-0.15, -0.1) is 11.3 Å². The number of aromatic nitrogens is 2. The zero-order valence-corrected chi connectivity index (χ0v) is 18.5. The van der Waals surface area contributed by atoms with Gasteiger partial charge in [0.2, 0.25) is 0 Å². The highest BCUT2D eigenvalue weighted by molar-refractivity contribution is 7.20. The van der Waals surface area contributed by atoms with E-state index in [0.29, 0.717) is 39.6 Å². The highest BCUT2D eigenvalue weighted by atomic mass is 35.5. The van der Waals surface area contributed by atoms with Crippen LogP contribution in [0.25, 0.3) is 10.2 Å². The van der Waals surface area contributed by atoms with E-state index < -0.39 is 5.97 Å². The number of piperazine rings is 1. The van der Waals surface area contributed by atoms with Crippen LogP contribution in [0.4, 0.5) is 5.69 Å². The third-order valence-corrected chi connectivity index (χ3v) is 6.63. The van der Waals surface area contributed by atoms with Gasteiger partial charge >= 0.3 is 5.97 Å². The van der Waals surface area contributed by atoms with Crippen molar-refractivity contribution in [2.24, 2.45) is 0 Å². The minimum atomic E-state index is -0.406. The van der Waals surface area contributed by atoms with Gasteiger partial charge in [0.25, 0.3) is 5.56 Å². The van der Waals surface area contributed by atoms with Crippen LogP contribution in [0, 0.1) is 6.92 Å². The molecule has 1 aliphatic heterocycles. The number of anilines is 1. The van der Waals surface area contributed by atoms with Crippen molar-refractivity contribution in [3.8, 4) is 0 Å². The molecule has 0 bridgehead atoms. The Labute approximate surface area is 183 Å². The number of aromatic amines is 1. The van der Waals surface area contributed by atoms with Crippen molar-refractivity contribution in [1.29, 1.82) is 0 Å². The first-order valence-corrected chi connectivity index (χ1v) is 11.1. The van der Waals surface area contributed by atoms with Gasteiger partial charge in [0.05, 0.1) is 18.5 Å². The second kappa shape index (κ2) is 8.75. The quantitative estimate of drug-likeness (QED) is 0.605. The number of nitrogens with one attached hydrogen (secondary N) is 1. The van der Waals surface area contributed by atoms with Gasteiger partial charge in [-0.2, -0.15) is 0 Å². The maximum absolute atomic E-state index is 12.6. The smallest absolute Gasteiger partial charge is 0.348 e. The Bertz CT molecular complexity index is 1130. The molecule has 2 aromatic heterocycles. The summed E-state index contributed by atoms with van der Waals surface area (Å²) in [5.74, 6) is 0.205. The van der Waals surface area contributed by atoms with Crippen molar-refractivity contribution < 1.29 is 9.53 Å². The molecule has 1 aliphatic rings. The predicted octanol–water partition coefficient (Wildman–Crippen LogP) is 3.45. The van der Waals surface area contributed by atoms with E-state index in [1.807, 2.05) is 18.2 Å². The summed E-state index contributed by atoms with van der Waals surface area (Å²) >= 11 is 7.32. The summed E-state index contributed by atoms with van der Waals surface area (Å²) in [6, 6.07) is 7.87. The fourth-order valence-electron chi connectivity index (χ4n) is 3.70. The average molecular weight is 447 g/mol. The SMILES string of the molecule is CCOC(=O)c1sc2nc(CN3CCN(c4cccc(Cl)c4)CC3)[nH]c(=O)c2c1C. The first-order valence-electron chi connectivity index (χ1n) is 9.88. The van der Waals surface area contributed by atoms with Gasteiger partial charge in [-0.1, -0.05) is 17.7 Å². The average Bonchev–Trinajstić information content (AvgIpc) is 3.06. The van der Waals surface area contributed by atoms with Crippen LogP contribution < -0.4 is 10.5 Å². The molecule has 0 spiro atoms. The van der Waals surface area contributed by atoms with Crippen LogP contribution in [-0.2, 0) is 11.3 Å². The monoisotopic (exact) mass is 446 g/mol. The first-order chi connectivity index (χ1) is 14.5. The fourth-order valence-corrected chi connectivity index (χ4v) is 4.98. The first kappa shape index (κ1) is 20.8. The van der Waals surface area contributed by atoms with Crippen LogP contribution in [0.2, 0.25) is 5.02 Å². The molecule has 1 fully saturated rings. The van der Waals surface area contributed by atoms with Gasteiger partial charge in [-0.3, -0.25) is 9.69 Å². The lowest BCUT2D eigenvalue weighted by Gasteiger charge is -2.35. The fraction of sp³-hybridized carbons (Fsp3) is 0.381. The number of benzene rings is 1. The molecule has 7 nitrogen and oxygen atoms in total. The largest absolute Gasteiger partial charge is 0.462 e. The summed E-state index contributed by atoms with van der Waals surface area (Å²) in [5, 5.41) is 1.20. The van der Waals surface area contributed by atoms with E-state index in [9.17, 15) is 9.59 Å². The number of thiophene rings is 1. The molecule has 4 rings (SSSR count). The van der Waals surface area contributed by atoms with Gasteiger partial charge in [0.1, 0.15) is 15.5 Å². The van der Waals surface area contributed by atoms with E-state index in [1.54, 1.807) is 13.8 Å². The van der Waals surface area contributed by atoms with Crippen LogP contribution in [-0.4, -0.2) is 53.6 Å². The van der Waals surface area contributed by atoms with Crippen molar-refractivity contribution in [3.05, 3.63) is 55.9 Å². The molecule has 0 amide bonds. The van der Waals surface area contributed by atoms with Crippen LogP contribution >= 0.6 is 22.9 Å². The molecular formula is C21H23ClN4O3S. The number of fused-ring (bicyclic) bond motifs is 1. The summed E-state index contributed by atoms with van der Waals surface area (Å²) in [6.07, 6.45) is 0. The molecule has 3 heterocycles. The molecule has 3 aromatic rings. The Morgan fingerprint density at radius 1 is 1.30 bits per heavy atom. The Kier molecular flexibility index (Phi) is 6.08. The van der Waals surface area contributed by atoms with Crippen LogP contribution in [0.15, 0.2) is 29.1 Å². The van der Waals surface area contributed by atoms with Gasteiger partial charge in [0, 0.05) is 36.9 Å². The van der Waals surface area contributed by atoms with Gasteiger partial charge in [-0.05, 0) is 37.6 Å². The third-order valence-electron chi connectivity index (χ3n) is 5.23. The maximum atomic E-state index is 12.6. The summed E-state index contributed by atoms with van der Waals surface area (Å²) in [7, 11) is 0. The lowest BCUT2D eigenvalue weighted by Crippen LogP contribution is -2.46. The number of carbonyl (C=O) groups is 1. The molecule has 0 unspecified atom stereocenters. The summed E-state index contributed by atoms with van der Waals surface area (Å²) in [4.78, 5) is 37.9. The number of hydrogen-bond donors (Lipinski definition) is 1. The Hall–Kier alpha value is -2.42. The van der Waals surface area contributed by atoms with E-state index in [2.05, 4.69) is 25.8 Å². The van der Waals surface area contributed by atoms with Crippen molar-refractivity contribution in [3.63, 3.8) is 0 Å². The number of ether oxygens (including phenoxy) is 1. The lowest BCUT2D eigenvalue weighted by atomic mass is 10.2. The van der Waals surface area contributed by atoms with Crippen LogP contribution in [0.3, 0.4) is 0 Å². The Morgan fingerprint density at radius 3 is 2.77 bits per heavy atom. The van der Waals surface area contributed by atoms with E-state index in [-0.39, 0.29) is 5.56 Å². The minimum absolute atomic E-state index is 0.211. The zero-order chi connectivity index (χ0) is 21.3. The van der Waals surface area contributed by atoms with E-state index >= 15 is 0 Å². The normalized spacial score (nSPS) is 15.0. The summed E-state index contributed by atoms with van der Waals surface area (Å²) in [6.45, 7) is 7.82. The summed E-state index contributed by atoms with van der Waals surface area (Å²) in [5.41, 5.74) is 1.54. The molecule has 158 valence electrons. The molecule has 30 heavy (non-hydrogen) atoms. The highest BCUT2D eigenvalue weighted by Crippen LogP contribution is 2.28. The summed E-state index contributed by atoms with van der Waals surface area (Å²) < 4.78 is 5.09. The molecule has 1 N–H and O–H groups in total. The van der Waals surface area contributed by atoms with Crippen molar-refractivity contribution in [1.82, 2.24) is 14.9 Å². The molecule has 1 saturated heterocycles. The number of nitrogens with zero attached hydrogens (tertiary/aromatic N) is 3. The molecule has 0 radical (unpaired) electrons. The van der Waals surface area contributed by atoms with E-state index in [4.69, 9.17) is 16.3 Å². The second-order valence-electron chi connectivity index (χ2n) is 7.21. The maximum Gasteiger partial charge on any atom is 0.348 e. The Balaban J connectivity index is 1.48. The standard InChI is InChI=1S/C21H23ClN4O3S/c1-3-29-21(28)18-13(2)17-19(27)23-16(24-20(17)30-18)12-25-7-9-26(10-8-25)15-6-4-5-14(22)11-15/h4-6,11H,3,7-10,12H2,1-2H3,(H,23,24,27). The Morgan fingerprint density at radius 2 is 2.07 bits per heavy atom. The number of aryl methyl sites for hydroxylation is 1. The molecular weight excluding hydrogens is 424 g/mol. The number of esters is 1. The number of hydrogen-bond acceptors (Lipinski definition) is 7. The minimum Gasteiger partial charge on any atom is -0.462 e. The molecule has 0 atom stereocenters. The molecule has 0 saturated carbocycles. The number of halogens is 1. The predicted molar refractivity (Wildman–Crippen MR) is 120 cm³/mol. The van der Waals surface area contributed by atoms with Crippen molar-refractivity contribution in [2.75, 3.05) is 37.7 Å². The zero-order valence-electron chi connectivity index (χ0n) is 16.9. The van der Waals surface area contributed by atoms with Gasteiger partial charge in [-0.25, -0.2) is 9.78 Å². The molecule has 0 aliphatic carbocycles. The van der Waals surface area contributed by atoms with E-state index in [0.717, 1.165) is 36.9 Å². The van der Waals surface area contributed by atoms with Crippen molar-refractivity contribution >= 4 is 44.8 Å². The van der Waals surface area contributed by atoms with Gasteiger partial charge in [0.15, 0.2) is 0 Å². The molecule has 9 heteroatoms. The third kappa shape index (κ3) is 4.21. The lowest BCUT2D eigenvalue weighted by molar-refractivity contribution is 0.0531. The second-order valence-corrected chi connectivity index (χ2v) is 8.65. The highest BCUT2D eigenvalue weighted by Gasteiger charge is 2.22. The van der Waals surface area contributed by atoms with E-state index in [1.165, 1.54) is 11.3 Å². The van der Waals surface area contributed by atoms with Crippen LogP contribution in [0.1, 0.15) is 28.0 Å². The molecule has 1 aromatic carbocycles.